The fourth-order valence-electron chi connectivity index (χ4n) is 1.39. The number of rotatable bonds is 6. The number of pyridine rings is 1. The van der Waals surface area contributed by atoms with Crippen molar-refractivity contribution in [3.8, 4) is 0 Å². The Bertz CT molecular complexity index is 361. The molecule has 1 rings (SSSR count). The van der Waals surface area contributed by atoms with Crippen LogP contribution < -0.4 is 5.32 Å². The van der Waals surface area contributed by atoms with E-state index in [1.165, 1.54) is 0 Å². The van der Waals surface area contributed by atoms with E-state index in [1.807, 2.05) is 20.2 Å². The lowest BCUT2D eigenvalue weighted by Gasteiger charge is -2.18. The summed E-state index contributed by atoms with van der Waals surface area (Å²) in [6.07, 6.45) is 1.73. The molecule has 1 heterocycles. The molecule has 17 heavy (non-hydrogen) atoms. The first-order chi connectivity index (χ1) is 8.04. The predicted octanol–water partition coefficient (Wildman–Crippen LogP) is 1.79. The number of halogens is 2. The topological polar surface area (TPSA) is 48.4 Å². The summed E-state index contributed by atoms with van der Waals surface area (Å²) in [5.41, 5.74) is 0.828. The third kappa shape index (κ3) is 5.01. The molecule has 0 saturated carbocycles. The van der Waals surface area contributed by atoms with Crippen LogP contribution in [0.1, 0.15) is 11.7 Å². The fraction of sp³-hybridized carbons (Fsp3) is 0.545. The molecule has 0 bridgehead atoms. The van der Waals surface area contributed by atoms with Crippen LogP contribution in [0.15, 0.2) is 21.2 Å². The maximum absolute atomic E-state index is 9.39. The van der Waals surface area contributed by atoms with Crippen molar-refractivity contribution < 1.29 is 5.11 Å². The average molecular weight is 367 g/mol. The number of aromatic nitrogens is 1. The molecule has 1 atom stereocenters. The van der Waals surface area contributed by atoms with Gasteiger partial charge in [0.1, 0.15) is 0 Å². The van der Waals surface area contributed by atoms with Crippen molar-refractivity contribution >= 4 is 31.9 Å². The summed E-state index contributed by atoms with van der Waals surface area (Å²) in [7, 11) is 4.03. The van der Waals surface area contributed by atoms with Crippen LogP contribution in [0.4, 0.5) is 0 Å². The van der Waals surface area contributed by atoms with E-state index in [0.717, 1.165) is 27.7 Å². The minimum absolute atomic E-state index is 0.0284. The van der Waals surface area contributed by atoms with Gasteiger partial charge in [0.15, 0.2) is 0 Å². The zero-order valence-corrected chi connectivity index (χ0v) is 13.1. The molecule has 0 spiro atoms. The molecule has 0 fully saturated rings. The maximum Gasteiger partial charge on any atom is 0.0741 e. The number of hydrogen-bond acceptors (Lipinski definition) is 4. The summed E-state index contributed by atoms with van der Waals surface area (Å²) in [4.78, 5) is 6.41. The van der Waals surface area contributed by atoms with Crippen LogP contribution in [0.3, 0.4) is 0 Å². The summed E-state index contributed by atoms with van der Waals surface area (Å²) in [6, 6.07) is 1.79. The Balaban J connectivity index is 2.66. The summed E-state index contributed by atoms with van der Waals surface area (Å²) in [5, 5.41) is 12.7. The highest BCUT2D eigenvalue weighted by Crippen LogP contribution is 2.24. The first kappa shape index (κ1) is 15.0. The molecule has 0 aromatic carbocycles. The lowest BCUT2D eigenvalue weighted by Crippen LogP contribution is -2.32. The maximum atomic E-state index is 9.39. The second-order valence-corrected chi connectivity index (χ2v) is 5.78. The molecule has 0 aliphatic rings. The monoisotopic (exact) mass is 365 g/mol. The van der Waals surface area contributed by atoms with Gasteiger partial charge in [-0.2, -0.15) is 0 Å². The molecule has 0 saturated heterocycles. The van der Waals surface area contributed by atoms with Crippen LogP contribution in [-0.4, -0.2) is 48.8 Å². The SMILES string of the molecule is CN(C)CCNC(CO)c1ncc(Br)cc1Br. The van der Waals surface area contributed by atoms with E-state index in [4.69, 9.17) is 0 Å². The summed E-state index contributed by atoms with van der Waals surface area (Å²) >= 11 is 6.81. The molecule has 4 nitrogen and oxygen atoms in total. The molecule has 6 heteroatoms. The zero-order chi connectivity index (χ0) is 12.8. The average Bonchev–Trinajstić information content (AvgIpc) is 2.25. The van der Waals surface area contributed by atoms with E-state index in [1.54, 1.807) is 6.20 Å². The van der Waals surface area contributed by atoms with E-state index in [-0.39, 0.29) is 12.6 Å². The Morgan fingerprint density at radius 2 is 2.18 bits per heavy atom. The molecule has 0 amide bonds. The van der Waals surface area contributed by atoms with E-state index < -0.39 is 0 Å². The fourth-order valence-corrected chi connectivity index (χ4v) is 2.66. The third-order valence-electron chi connectivity index (χ3n) is 2.30. The van der Waals surface area contributed by atoms with Crippen molar-refractivity contribution in [2.24, 2.45) is 0 Å². The first-order valence-electron chi connectivity index (χ1n) is 5.34. The van der Waals surface area contributed by atoms with Crippen molar-refractivity contribution in [3.05, 3.63) is 26.9 Å². The van der Waals surface area contributed by atoms with Crippen LogP contribution in [-0.2, 0) is 0 Å². The van der Waals surface area contributed by atoms with Crippen molar-refractivity contribution in [2.75, 3.05) is 33.8 Å². The van der Waals surface area contributed by atoms with Crippen LogP contribution in [0.5, 0.6) is 0 Å². The Morgan fingerprint density at radius 1 is 1.47 bits per heavy atom. The Kier molecular flexibility index (Phi) is 6.58. The highest BCUT2D eigenvalue weighted by molar-refractivity contribution is 9.11. The Labute approximate surface area is 119 Å². The normalized spacial score (nSPS) is 13.1. The number of likely N-dealkylation sites (N-methyl/N-ethyl adjacent to an activating group) is 1. The summed E-state index contributed by atoms with van der Waals surface area (Å²) in [5.74, 6) is 0. The van der Waals surface area contributed by atoms with Gasteiger partial charge in [-0.15, -0.1) is 0 Å². The third-order valence-corrected chi connectivity index (χ3v) is 3.37. The molecule has 0 radical (unpaired) electrons. The molecular weight excluding hydrogens is 350 g/mol. The van der Waals surface area contributed by atoms with Crippen LogP contribution in [0.2, 0.25) is 0 Å². The van der Waals surface area contributed by atoms with Gasteiger partial charge in [0.25, 0.3) is 0 Å². The standard InChI is InChI=1S/C11H17Br2N3O/c1-16(2)4-3-14-10(7-17)11-9(13)5-8(12)6-15-11/h5-6,10,14,17H,3-4,7H2,1-2H3. The lowest BCUT2D eigenvalue weighted by atomic mass is 10.2. The van der Waals surface area contributed by atoms with Crippen LogP contribution in [0, 0.1) is 0 Å². The smallest absolute Gasteiger partial charge is 0.0741 e. The Morgan fingerprint density at radius 3 is 2.71 bits per heavy atom. The highest BCUT2D eigenvalue weighted by atomic mass is 79.9. The number of hydrogen-bond donors (Lipinski definition) is 2. The van der Waals surface area contributed by atoms with Gasteiger partial charge >= 0.3 is 0 Å². The second-order valence-electron chi connectivity index (χ2n) is 4.01. The van der Waals surface area contributed by atoms with Gasteiger partial charge in [-0.25, -0.2) is 0 Å². The number of nitrogens with zero attached hydrogens (tertiary/aromatic N) is 2. The quantitative estimate of drug-likeness (QED) is 0.805. The molecule has 96 valence electrons. The predicted molar refractivity (Wildman–Crippen MR) is 76.0 cm³/mol. The van der Waals surface area contributed by atoms with Gasteiger partial charge in [-0.05, 0) is 52.0 Å². The molecule has 0 aliphatic heterocycles. The molecule has 1 aromatic rings. The molecular formula is C11H17Br2N3O. The molecule has 2 N–H and O–H groups in total. The number of aliphatic hydroxyl groups excluding tert-OH is 1. The van der Waals surface area contributed by atoms with E-state index >= 15 is 0 Å². The van der Waals surface area contributed by atoms with Gasteiger partial charge in [0.05, 0.1) is 18.3 Å². The molecule has 1 unspecified atom stereocenters. The largest absolute Gasteiger partial charge is 0.394 e. The van der Waals surface area contributed by atoms with Crippen LogP contribution in [0.25, 0.3) is 0 Å². The van der Waals surface area contributed by atoms with Gasteiger partial charge in [0.2, 0.25) is 0 Å². The van der Waals surface area contributed by atoms with Gasteiger partial charge in [0, 0.05) is 28.2 Å². The van der Waals surface area contributed by atoms with Crippen molar-refractivity contribution in [1.29, 1.82) is 0 Å². The summed E-state index contributed by atoms with van der Waals surface area (Å²) < 4.78 is 1.81. The van der Waals surface area contributed by atoms with E-state index in [0.29, 0.717) is 0 Å². The minimum Gasteiger partial charge on any atom is -0.394 e. The van der Waals surface area contributed by atoms with E-state index in [2.05, 4.69) is 47.1 Å². The first-order valence-corrected chi connectivity index (χ1v) is 6.93. The van der Waals surface area contributed by atoms with Crippen molar-refractivity contribution in [2.45, 2.75) is 6.04 Å². The van der Waals surface area contributed by atoms with Crippen molar-refractivity contribution in [3.63, 3.8) is 0 Å². The van der Waals surface area contributed by atoms with Gasteiger partial charge < -0.3 is 15.3 Å². The Hall–Kier alpha value is -0.0100. The van der Waals surface area contributed by atoms with Crippen LogP contribution >= 0.6 is 31.9 Å². The van der Waals surface area contributed by atoms with Crippen molar-refractivity contribution in [1.82, 2.24) is 15.2 Å². The summed E-state index contributed by atoms with van der Waals surface area (Å²) in [6.45, 7) is 1.76. The van der Waals surface area contributed by atoms with Gasteiger partial charge in [-0.1, -0.05) is 0 Å². The number of nitrogens with one attached hydrogen (secondary N) is 1. The minimum atomic E-state index is -0.141. The highest BCUT2D eigenvalue weighted by Gasteiger charge is 2.14. The lowest BCUT2D eigenvalue weighted by molar-refractivity contribution is 0.237. The molecule has 0 aliphatic carbocycles. The second kappa shape index (κ2) is 7.43. The zero-order valence-electron chi connectivity index (χ0n) is 9.95. The number of aliphatic hydroxyl groups is 1. The van der Waals surface area contributed by atoms with E-state index in [9.17, 15) is 5.11 Å². The van der Waals surface area contributed by atoms with Gasteiger partial charge in [-0.3, -0.25) is 4.98 Å². The molecule has 1 aromatic heterocycles.